The number of aliphatic hydroxyl groups is 1. The van der Waals surface area contributed by atoms with E-state index in [-0.39, 0.29) is 29.2 Å². The Balaban J connectivity index is 1.70. The second kappa shape index (κ2) is 6.73. The molecule has 3 nitrogen and oxygen atoms in total. The molecule has 7 unspecified atom stereocenters. The molecule has 2 saturated carbocycles. The Hall–Kier alpha value is -1.61. The predicted molar refractivity (Wildman–Crippen MR) is 114 cm³/mol. The summed E-state index contributed by atoms with van der Waals surface area (Å²) in [5.41, 5.74) is 3.08. The van der Waals surface area contributed by atoms with Gasteiger partial charge >= 0.3 is 0 Å². The molecule has 0 aromatic carbocycles. The first kappa shape index (κ1) is 19.7. The number of nitrogens with one attached hydrogen (secondary N) is 1. The number of carbonyl (C=O) groups is 1. The molecular weight excluding hydrogens is 346 g/mol. The van der Waals surface area contributed by atoms with Gasteiger partial charge in [-0.05, 0) is 69.6 Å². The molecule has 4 aliphatic rings. The molecule has 0 aromatic rings. The van der Waals surface area contributed by atoms with Crippen LogP contribution in [0.3, 0.4) is 0 Å². The Kier molecular flexibility index (Phi) is 4.73. The summed E-state index contributed by atoms with van der Waals surface area (Å²) in [7, 11) is 0. The maximum atomic E-state index is 12.6. The lowest BCUT2D eigenvalue weighted by Crippen LogP contribution is -2.38. The van der Waals surface area contributed by atoms with E-state index in [1.807, 2.05) is 6.92 Å². The lowest BCUT2D eigenvalue weighted by atomic mass is 9.67. The zero-order valence-corrected chi connectivity index (χ0v) is 18.0. The predicted octanol–water partition coefficient (Wildman–Crippen LogP) is 4.70. The minimum atomic E-state index is -0.708. The van der Waals surface area contributed by atoms with Gasteiger partial charge in [-0.25, -0.2) is 0 Å². The molecule has 0 radical (unpaired) electrons. The summed E-state index contributed by atoms with van der Waals surface area (Å²) in [6.07, 6.45) is 15.0. The summed E-state index contributed by atoms with van der Waals surface area (Å²) < 4.78 is 0. The summed E-state index contributed by atoms with van der Waals surface area (Å²) >= 11 is 0. The fourth-order valence-electron chi connectivity index (χ4n) is 6.44. The number of rotatable bonds is 3. The fraction of sp³-hybridized carbons (Fsp3) is 0.640. The van der Waals surface area contributed by atoms with Crippen LogP contribution in [0.25, 0.3) is 0 Å². The van der Waals surface area contributed by atoms with Gasteiger partial charge in [-0.3, -0.25) is 4.79 Å². The van der Waals surface area contributed by atoms with Crippen molar-refractivity contribution in [3.05, 3.63) is 47.1 Å². The second-order valence-electron chi connectivity index (χ2n) is 10.4. The van der Waals surface area contributed by atoms with Gasteiger partial charge in [0.05, 0.1) is 5.60 Å². The third-order valence-corrected chi connectivity index (χ3v) is 7.93. The monoisotopic (exact) mass is 381 g/mol. The van der Waals surface area contributed by atoms with Crippen LogP contribution < -0.4 is 5.32 Å². The highest BCUT2D eigenvalue weighted by molar-refractivity contribution is 5.97. The number of fused-ring (bicyclic) bond motifs is 1. The first-order valence-corrected chi connectivity index (χ1v) is 10.9. The summed E-state index contributed by atoms with van der Waals surface area (Å²) in [5.74, 6) is 1.35. The van der Waals surface area contributed by atoms with E-state index in [9.17, 15) is 9.90 Å². The lowest BCUT2D eigenvalue weighted by Gasteiger charge is -2.39. The molecule has 28 heavy (non-hydrogen) atoms. The van der Waals surface area contributed by atoms with Crippen LogP contribution in [-0.2, 0) is 4.79 Å². The zero-order valence-electron chi connectivity index (χ0n) is 18.0. The molecular formula is C25H35NO2. The highest BCUT2D eigenvalue weighted by Gasteiger charge is 2.58. The number of carbonyl (C=O) groups excluding carboxylic acids is 1. The Morgan fingerprint density at radius 1 is 1.29 bits per heavy atom. The summed E-state index contributed by atoms with van der Waals surface area (Å²) in [6.45, 7) is 10.9. The van der Waals surface area contributed by atoms with Crippen molar-refractivity contribution >= 4 is 5.91 Å². The van der Waals surface area contributed by atoms with Gasteiger partial charge in [0.2, 0.25) is 5.91 Å². The average molecular weight is 382 g/mol. The minimum absolute atomic E-state index is 0.0713. The van der Waals surface area contributed by atoms with Crippen LogP contribution in [0.15, 0.2) is 47.1 Å². The SMILES string of the molecule is CC(C)=CC=CC(C)C1CCC2(C)CC3C4C(=CC=C12)C(=O)NC4CC3(C)O. The molecule has 0 bridgehead atoms. The van der Waals surface area contributed by atoms with Gasteiger partial charge in [0.15, 0.2) is 0 Å². The van der Waals surface area contributed by atoms with E-state index in [0.29, 0.717) is 18.3 Å². The van der Waals surface area contributed by atoms with Crippen LogP contribution in [0.1, 0.15) is 60.3 Å². The quantitative estimate of drug-likeness (QED) is 0.696. The van der Waals surface area contributed by atoms with E-state index in [0.717, 1.165) is 12.0 Å². The maximum Gasteiger partial charge on any atom is 0.247 e. The highest BCUT2D eigenvalue weighted by Crippen LogP contribution is 2.59. The number of amides is 1. The lowest BCUT2D eigenvalue weighted by molar-refractivity contribution is -0.117. The third kappa shape index (κ3) is 3.12. The Bertz CT molecular complexity index is 795. The Morgan fingerprint density at radius 2 is 2.04 bits per heavy atom. The largest absolute Gasteiger partial charge is 0.390 e. The molecule has 1 heterocycles. The van der Waals surface area contributed by atoms with Crippen LogP contribution in [0.2, 0.25) is 0 Å². The topological polar surface area (TPSA) is 49.3 Å². The van der Waals surface area contributed by atoms with E-state index in [2.05, 4.69) is 63.4 Å². The second-order valence-corrected chi connectivity index (χ2v) is 10.4. The van der Waals surface area contributed by atoms with Gasteiger partial charge in [0.25, 0.3) is 0 Å². The van der Waals surface area contributed by atoms with E-state index in [4.69, 9.17) is 0 Å². The standard InChI is InChI=1S/C25H35NO2/c1-15(2)7-6-8-16(3)17-11-12-24(4)13-20-22-18(9-10-19(17)24)23(27)26-21(22)14-25(20,5)28/h6-10,16-17,20-22,28H,11-14H2,1-5H3,(H,26,27). The van der Waals surface area contributed by atoms with Crippen molar-refractivity contribution in [2.75, 3.05) is 0 Å². The van der Waals surface area contributed by atoms with E-state index < -0.39 is 5.60 Å². The van der Waals surface area contributed by atoms with Crippen molar-refractivity contribution in [2.45, 2.75) is 71.9 Å². The molecule has 0 aromatic heterocycles. The molecule has 4 rings (SSSR count). The van der Waals surface area contributed by atoms with E-state index in [1.54, 1.807) is 0 Å². The van der Waals surface area contributed by atoms with Gasteiger partial charge in [0, 0.05) is 17.5 Å². The molecule has 3 fully saturated rings. The van der Waals surface area contributed by atoms with Crippen molar-refractivity contribution in [1.82, 2.24) is 5.32 Å². The molecule has 7 atom stereocenters. The van der Waals surface area contributed by atoms with Gasteiger partial charge < -0.3 is 10.4 Å². The molecule has 152 valence electrons. The number of hydrogen-bond donors (Lipinski definition) is 2. The van der Waals surface area contributed by atoms with Crippen LogP contribution in [0.4, 0.5) is 0 Å². The molecule has 3 heteroatoms. The normalized spacial score (nSPS) is 42.9. The van der Waals surface area contributed by atoms with Gasteiger partial charge in [-0.1, -0.05) is 55.4 Å². The summed E-state index contributed by atoms with van der Waals surface area (Å²) in [4.78, 5) is 12.6. The average Bonchev–Trinajstić information content (AvgIpc) is 3.12. The molecule has 1 aliphatic heterocycles. The van der Waals surface area contributed by atoms with Crippen LogP contribution in [0.5, 0.6) is 0 Å². The Morgan fingerprint density at radius 3 is 2.75 bits per heavy atom. The zero-order chi connectivity index (χ0) is 20.3. The number of allylic oxidation sites excluding steroid dienone is 7. The van der Waals surface area contributed by atoms with E-state index >= 15 is 0 Å². The number of hydrogen-bond acceptors (Lipinski definition) is 2. The highest BCUT2D eigenvalue weighted by atomic mass is 16.3. The minimum Gasteiger partial charge on any atom is -0.390 e. The van der Waals surface area contributed by atoms with Crippen LogP contribution in [0, 0.1) is 29.1 Å². The van der Waals surface area contributed by atoms with Crippen molar-refractivity contribution in [2.24, 2.45) is 29.1 Å². The van der Waals surface area contributed by atoms with Crippen molar-refractivity contribution < 1.29 is 9.90 Å². The third-order valence-electron chi connectivity index (χ3n) is 7.93. The molecule has 1 amide bonds. The van der Waals surface area contributed by atoms with Crippen molar-refractivity contribution in [3.8, 4) is 0 Å². The smallest absolute Gasteiger partial charge is 0.247 e. The Labute approximate surface area is 169 Å². The fourth-order valence-corrected chi connectivity index (χ4v) is 6.44. The van der Waals surface area contributed by atoms with Crippen LogP contribution >= 0.6 is 0 Å². The molecule has 0 spiro atoms. The van der Waals surface area contributed by atoms with Crippen molar-refractivity contribution in [3.63, 3.8) is 0 Å². The summed E-state index contributed by atoms with van der Waals surface area (Å²) in [5, 5.41) is 14.3. The van der Waals surface area contributed by atoms with E-state index in [1.165, 1.54) is 24.0 Å². The summed E-state index contributed by atoms with van der Waals surface area (Å²) in [6, 6.07) is 0.0976. The van der Waals surface area contributed by atoms with Crippen LogP contribution in [-0.4, -0.2) is 22.7 Å². The first-order valence-electron chi connectivity index (χ1n) is 10.9. The van der Waals surface area contributed by atoms with Gasteiger partial charge in [-0.2, -0.15) is 0 Å². The van der Waals surface area contributed by atoms with Gasteiger partial charge in [0.1, 0.15) is 0 Å². The maximum absolute atomic E-state index is 12.6. The first-order chi connectivity index (χ1) is 13.1. The van der Waals surface area contributed by atoms with Crippen molar-refractivity contribution in [1.29, 1.82) is 0 Å². The molecule has 1 saturated heterocycles. The molecule has 2 N–H and O–H groups in total. The van der Waals surface area contributed by atoms with Gasteiger partial charge in [-0.15, -0.1) is 0 Å². The molecule has 3 aliphatic carbocycles.